The minimum absolute atomic E-state index is 0. The third kappa shape index (κ3) is 1.79. The van der Waals surface area contributed by atoms with Crippen molar-refractivity contribution in [3.05, 3.63) is 17.5 Å². The second kappa shape index (κ2) is 3.92. The molecule has 1 fully saturated rings. The van der Waals surface area contributed by atoms with E-state index in [1.807, 2.05) is 13.0 Å². The van der Waals surface area contributed by atoms with Crippen molar-refractivity contribution in [3.63, 3.8) is 0 Å². The number of nitrogens with zero attached hydrogens (tertiary/aromatic N) is 1. The highest BCUT2D eigenvalue weighted by atomic mass is 35.5. The molecule has 68 valence electrons. The first-order valence-electron chi connectivity index (χ1n) is 4.03. The van der Waals surface area contributed by atoms with Gasteiger partial charge in [-0.2, -0.15) is 0 Å². The summed E-state index contributed by atoms with van der Waals surface area (Å²) in [5, 5.41) is 7.20. The van der Waals surface area contributed by atoms with Gasteiger partial charge in [0, 0.05) is 6.07 Å². The molecule has 0 saturated carbocycles. The molecule has 3 nitrogen and oxygen atoms in total. The van der Waals surface area contributed by atoms with E-state index in [-0.39, 0.29) is 12.4 Å². The van der Waals surface area contributed by atoms with Crippen LogP contribution in [0.15, 0.2) is 10.6 Å². The largest absolute Gasteiger partial charge is 0.359 e. The fourth-order valence-corrected chi connectivity index (χ4v) is 1.47. The predicted octanol–water partition coefficient (Wildman–Crippen LogP) is 1.83. The van der Waals surface area contributed by atoms with Gasteiger partial charge in [0.25, 0.3) is 0 Å². The SMILES string of the molecule is Cc1cc([C@H]2CCCN2)on1.Cl. The Hall–Kier alpha value is -0.540. The maximum atomic E-state index is 5.14. The summed E-state index contributed by atoms with van der Waals surface area (Å²) in [5.74, 6) is 0.986. The zero-order valence-corrected chi connectivity index (χ0v) is 7.86. The molecule has 0 bridgehead atoms. The average Bonchev–Trinajstić information content (AvgIpc) is 2.55. The quantitative estimate of drug-likeness (QED) is 0.731. The minimum Gasteiger partial charge on any atom is -0.359 e. The number of halogens is 1. The molecule has 2 rings (SSSR count). The Balaban J connectivity index is 0.000000720. The van der Waals surface area contributed by atoms with E-state index in [4.69, 9.17) is 4.52 Å². The van der Waals surface area contributed by atoms with Gasteiger partial charge in [-0.05, 0) is 26.3 Å². The lowest BCUT2D eigenvalue weighted by Gasteiger charge is -2.02. The number of hydrogen-bond acceptors (Lipinski definition) is 3. The van der Waals surface area contributed by atoms with Crippen molar-refractivity contribution in [1.82, 2.24) is 10.5 Å². The Kier molecular flexibility index (Phi) is 3.12. The third-order valence-corrected chi connectivity index (χ3v) is 2.05. The Morgan fingerprint density at radius 1 is 1.67 bits per heavy atom. The van der Waals surface area contributed by atoms with Crippen molar-refractivity contribution < 1.29 is 4.52 Å². The molecule has 1 aliphatic heterocycles. The van der Waals surface area contributed by atoms with Crippen LogP contribution in [-0.2, 0) is 0 Å². The molecule has 12 heavy (non-hydrogen) atoms. The molecule has 0 amide bonds. The van der Waals surface area contributed by atoms with Crippen LogP contribution in [0.2, 0.25) is 0 Å². The Morgan fingerprint density at radius 2 is 2.50 bits per heavy atom. The van der Waals surface area contributed by atoms with E-state index in [0.29, 0.717) is 6.04 Å². The highest BCUT2D eigenvalue weighted by Crippen LogP contribution is 2.22. The topological polar surface area (TPSA) is 38.1 Å². The lowest BCUT2D eigenvalue weighted by atomic mass is 10.2. The van der Waals surface area contributed by atoms with Gasteiger partial charge < -0.3 is 9.84 Å². The number of aryl methyl sites for hydroxylation is 1. The van der Waals surface area contributed by atoms with Crippen molar-refractivity contribution in [2.24, 2.45) is 0 Å². The number of hydrogen-bond donors (Lipinski definition) is 1. The Morgan fingerprint density at radius 3 is 3.00 bits per heavy atom. The van der Waals surface area contributed by atoms with Crippen molar-refractivity contribution in [3.8, 4) is 0 Å². The molecule has 0 spiro atoms. The van der Waals surface area contributed by atoms with E-state index in [1.54, 1.807) is 0 Å². The monoisotopic (exact) mass is 188 g/mol. The lowest BCUT2D eigenvalue weighted by molar-refractivity contribution is 0.349. The van der Waals surface area contributed by atoms with Crippen molar-refractivity contribution in [2.75, 3.05) is 6.54 Å². The van der Waals surface area contributed by atoms with E-state index in [1.165, 1.54) is 12.8 Å². The van der Waals surface area contributed by atoms with Gasteiger partial charge in [0.1, 0.15) is 0 Å². The van der Waals surface area contributed by atoms with Crippen LogP contribution >= 0.6 is 12.4 Å². The van der Waals surface area contributed by atoms with Crippen LogP contribution < -0.4 is 5.32 Å². The standard InChI is InChI=1S/C8H12N2O.ClH/c1-6-5-8(11-10-6)7-3-2-4-9-7;/h5,7,9H,2-4H2,1H3;1H/t7-;/m1./s1. The zero-order chi connectivity index (χ0) is 7.68. The zero-order valence-electron chi connectivity index (χ0n) is 7.04. The molecule has 1 atom stereocenters. The molecule has 1 aliphatic rings. The molecular weight excluding hydrogens is 176 g/mol. The predicted molar refractivity (Wildman–Crippen MR) is 48.5 cm³/mol. The second-order valence-corrected chi connectivity index (χ2v) is 3.02. The minimum atomic E-state index is 0. The first kappa shape index (κ1) is 9.55. The van der Waals surface area contributed by atoms with E-state index >= 15 is 0 Å². The smallest absolute Gasteiger partial charge is 0.153 e. The van der Waals surface area contributed by atoms with Crippen LogP contribution in [0.1, 0.15) is 30.3 Å². The molecule has 2 heterocycles. The maximum absolute atomic E-state index is 5.14. The summed E-state index contributed by atoms with van der Waals surface area (Å²) in [5.41, 5.74) is 0.966. The van der Waals surface area contributed by atoms with Gasteiger partial charge >= 0.3 is 0 Å². The van der Waals surface area contributed by atoms with Gasteiger partial charge in [-0.25, -0.2) is 0 Å². The van der Waals surface area contributed by atoms with Crippen LogP contribution in [0.25, 0.3) is 0 Å². The summed E-state index contributed by atoms with van der Waals surface area (Å²) < 4.78 is 5.14. The van der Waals surface area contributed by atoms with Crippen molar-refractivity contribution >= 4 is 12.4 Å². The first-order valence-corrected chi connectivity index (χ1v) is 4.03. The van der Waals surface area contributed by atoms with Crippen LogP contribution in [0.3, 0.4) is 0 Å². The molecule has 0 unspecified atom stereocenters. The summed E-state index contributed by atoms with van der Waals surface area (Å²) in [6.07, 6.45) is 2.42. The normalized spacial score (nSPS) is 22.2. The van der Waals surface area contributed by atoms with Gasteiger partial charge in [-0.15, -0.1) is 12.4 Å². The fourth-order valence-electron chi connectivity index (χ4n) is 1.47. The van der Waals surface area contributed by atoms with Gasteiger partial charge in [0.15, 0.2) is 5.76 Å². The molecule has 0 radical (unpaired) electrons. The van der Waals surface area contributed by atoms with Gasteiger partial charge in [-0.3, -0.25) is 0 Å². The Bertz CT molecular complexity index is 243. The van der Waals surface area contributed by atoms with Gasteiger partial charge in [-0.1, -0.05) is 5.16 Å². The lowest BCUT2D eigenvalue weighted by Crippen LogP contribution is -2.11. The highest BCUT2D eigenvalue weighted by molar-refractivity contribution is 5.85. The van der Waals surface area contributed by atoms with Crippen LogP contribution in [0.4, 0.5) is 0 Å². The van der Waals surface area contributed by atoms with Crippen LogP contribution in [-0.4, -0.2) is 11.7 Å². The maximum Gasteiger partial charge on any atom is 0.153 e. The molecule has 1 N–H and O–H groups in total. The highest BCUT2D eigenvalue weighted by Gasteiger charge is 2.19. The number of rotatable bonds is 1. The van der Waals surface area contributed by atoms with Gasteiger partial charge in [0.2, 0.25) is 0 Å². The second-order valence-electron chi connectivity index (χ2n) is 3.02. The van der Waals surface area contributed by atoms with Crippen LogP contribution in [0, 0.1) is 6.92 Å². The van der Waals surface area contributed by atoms with E-state index in [2.05, 4.69) is 10.5 Å². The number of aromatic nitrogens is 1. The summed E-state index contributed by atoms with van der Waals surface area (Å²) in [7, 11) is 0. The molecule has 1 aromatic rings. The van der Waals surface area contributed by atoms with E-state index in [0.717, 1.165) is 18.0 Å². The average molecular weight is 189 g/mol. The van der Waals surface area contributed by atoms with E-state index < -0.39 is 0 Å². The number of nitrogens with one attached hydrogen (secondary N) is 1. The summed E-state index contributed by atoms with van der Waals surface area (Å²) in [6.45, 7) is 3.05. The third-order valence-electron chi connectivity index (χ3n) is 2.05. The summed E-state index contributed by atoms with van der Waals surface area (Å²) in [4.78, 5) is 0. The molecule has 4 heteroatoms. The summed E-state index contributed by atoms with van der Waals surface area (Å²) in [6, 6.07) is 2.42. The molecule has 0 aromatic carbocycles. The van der Waals surface area contributed by atoms with Crippen molar-refractivity contribution in [2.45, 2.75) is 25.8 Å². The first-order chi connectivity index (χ1) is 5.36. The Labute approximate surface area is 77.9 Å². The summed E-state index contributed by atoms with van der Waals surface area (Å²) >= 11 is 0. The van der Waals surface area contributed by atoms with Crippen LogP contribution in [0.5, 0.6) is 0 Å². The molecular formula is C8H13ClN2O. The molecule has 1 aromatic heterocycles. The fraction of sp³-hybridized carbons (Fsp3) is 0.625. The van der Waals surface area contributed by atoms with Gasteiger partial charge in [0.05, 0.1) is 11.7 Å². The molecule has 0 aliphatic carbocycles. The van der Waals surface area contributed by atoms with Crippen molar-refractivity contribution in [1.29, 1.82) is 0 Å². The van der Waals surface area contributed by atoms with E-state index in [9.17, 15) is 0 Å². The molecule has 1 saturated heterocycles.